The maximum absolute atomic E-state index is 12.9. The van der Waals surface area contributed by atoms with Gasteiger partial charge in [-0.15, -0.1) is 10.2 Å². The van der Waals surface area contributed by atoms with Crippen LogP contribution in [-0.2, 0) is 11.3 Å². The number of thioether (sulfide) groups is 1. The highest BCUT2D eigenvalue weighted by Crippen LogP contribution is 2.30. The van der Waals surface area contributed by atoms with Gasteiger partial charge in [0.05, 0.1) is 12.9 Å². The Labute approximate surface area is 173 Å². The van der Waals surface area contributed by atoms with E-state index in [2.05, 4.69) is 10.2 Å². The van der Waals surface area contributed by atoms with Crippen LogP contribution in [0.4, 0.5) is 0 Å². The summed E-state index contributed by atoms with van der Waals surface area (Å²) in [6, 6.07) is 17.8. The van der Waals surface area contributed by atoms with E-state index in [1.165, 1.54) is 16.4 Å². The van der Waals surface area contributed by atoms with Gasteiger partial charge < -0.3 is 15.5 Å². The van der Waals surface area contributed by atoms with Crippen LogP contribution >= 0.6 is 11.8 Å². The van der Waals surface area contributed by atoms with Crippen LogP contribution < -0.4 is 10.6 Å². The van der Waals surface area contributed by atoms with Gasteiger partial charge in [0.1, 0.15) is 5.75 Å². The second kappa shape index (κ2) is 8.57. The first-order valence-corrected chi connectivity index (χ1v) is 10.5. The number of nitrogens with two attached hydrogens (primary N) is 1. The fourth-order valence-electron chi connectivity index (χ4n) is 3.10. The molecule has 2 N–H and O–H groups in total. The van der Waals surface area contributed by atoms with Crippen LogP contribution in [0.2, 0.25) is 0 Å². The van der Waals surface area contributed by atoms with E-state index in [0.717, 1.165) is 29.7 Å². The number of nitrogens with zero attached hydrogens (tertiary/aromatic N) is 4. The van der Waals surface area contributed by atoms with Crippen LogP contribution in [0.5, 0.6) is 5.75 Å². The van der Waals surface area contributed by atoms with E-state index in [-0.39, 0.29) is 11.7 Å². The molecule has 8 heteroatoms. The van der Waals surface area contributed by atoms with Crippen LogP contribution in [0, 0.1) is 0 Å². The molecule has 7 nitrogen and oxygen atoms in total. The van der Waals surface area contributed by atoms with Crippen molar-refractivity contribution in [2.45, 2.75) is 30.6 Å². The van der Waals surface area contributed by atoms with Crippen LogP contribution in [0.3, 0.4) is 0 Å². The average Bonchev–Trinajstić information content (AvgIpc) is 3.54. The summed E-state index contributed by atoms with van der Waals surface area (Å²) in [6.45, 7) is 0.596. The predicted octanol–water partition coefficient (Wildman–Crippen LogP) is 2.95. The molecule has 0 atom stereocenters. The fraction of sp³-hybridized carbons (Fsp3) is 0.286. The van der Waals surface area contributed by atoms with Gasteiger partial charge in [0.15, 0.2) is 5.82 Å². The van der Waals surface area contributed by atoms with Gasteiger partial charge in [0.25, 0.3) is 0 Å². The summed E-state index contributed by atoms with van der Waals surface area (Å²) in [4.78, 5) is 14.8. The van der Waals surface area contributed by atoms with E-state index in [0.29, 0.717) is 23.6 Å². The molecule has 0 saturated heterocycles. The first-order valence-electron chi connectivity index (χ1n) is 9.47. The summed E-state index contributed by atoms with van der Waals surface area (Å²) >= 11 is 1.31. The van der Waals surface area contributed by atoms with Crippen molar-refractivity contribution < 1.29 is 9.53 Å². The molecule has 1 aromatic heterocycles. The van der Waals surface area contributed by atoms with Gasteiger partial charge >= 0.3 is 0 Å². The zero-order valence-electron chi connectivity index (χ0n) is 16.2. The van der Waals surface area contributed by atoms with E-state index in [4.69, 9.17) is 10.6 Å². The Morgan fingerprint density at radius 1 is 1.17 bits per heavy atom. The van der Waals surface area contributed by atoms with Crippen molar-refractivity contribution >= 4 is 17.7 Å². The zero-order chi connectivity index (χ0) is 20.2. The summed E-state index contributed by atoms with van der Waals surface area (Å²) in [5.74, 6) is 7.90. The van der Waals surface area contributed by atoms with E-state index >= 15 is 0 Å². The molecule has 1 aliphatic rings. The third kappa shape index (κ3) is 4.54. The molecule has 0 radical (unpaired) electrons. The number of nitrogen functional groups attached to an aromatic ring is 1. The molecule has 0 unspecified atom stereocenters. The number of methoxy groups -OCH3 is 1. The Morgan fingerprint density at radius 2 is 1.90 bits per heavy atom. The molecule has 1 fully saturated rings. The largest absolute Gasteiger partial charge is 0.497 e. The number of rotatable bonds is 8. The molecule has 1 heterocycles. The van der Waals surface area contributed by atoms with E-state index in [1.807, 2.05) is 59.5 Å². The first kappa shape index (κ1) is 19.3. The molecule has 0 aliphatic heterocycles. The lowest BCUT2D eigenvalue weighted by Crippen LogP contribution is -2.34. The number of carbonyl (C=O) groups is 1. The van der Waals surface area contributed by atoms with Gasteiger partial charge in [-0.25, -0.2) is 4.68 Å². The van der Waals surface area contributed by atoms with Gasteiger partial charge in [-0.1, -0.05) is 54.2 Å². The summed E-state index contributed by atoms with van der Waals surface area (Å²) in [5.41, 5.74) is 1.98. The van der Waals surface area contributed by atoms with Gasteiger partial charge in [0.2, 0.25) is 11.1 Å². The molecule has 0 spiro atoms. The minimum atomic E-state index is 0.0811. The summed E-state index contributed by atoms with van der Waals surface area (Å²) < 4.78 is 6.65. The Hall–Kier alpha value is -3.00. The molecule has 3 aromatic rings. The van der Waals surface area contributed by atoms with Gasteiger partial charge in [-0.3, -0.25) is 4.79 Å². The van der Waals surface area contributed by atoms with Crippen molar-refractivity contribution in [3.05, 3.63) is 60.2 Å². The quantitative estimate of drug-likeness (QED) is 0.455. The maximum Gasteiger partial charge on any atom is 0.233 e. The van der Waals surface area contributed by atoms with Gasteiger partial charge in [-0.05, 0) is 30.5 Å². The monoisotopic (exact) mass is 409 g/mol. The number of aromatic nitrogens is 3. The van der Waals surface area contributed by atoms with E-state index < -0.39 is 0 Å². The summed E-state index contributed by atoms with van der Waals surface area (Å²) in [7, 11) is 1.64. The normalized spacial score (nSPS) is 13.3. The van der Waals surface area contributed by atoms with Crippen molar-refractivity contribution in [3.8, 4) is 17.1 Å². The smallest absolute Gasteiger partial charge is 0.233 e. The number of carbonyl (C=O) groups excluding carboxylic acids is 1. The molecule has 0 bridgehead atoms. The van der Waals surface area contributed by atoms with Gasteiger partial charge in [-0.2, -0.15) is 0 Å². The van der Waals surface area contributed by atoms with Crippen LogP contribution in [0.15, 0.2) is 59.8 Å². The third-order valence-electron chi connectivity index (χ3n) is 4.84. The SMILES string of the molecule is COc1ccc(CN(C(=O)CSc2nnc(-c3ccccc3)n2N)C2CC2)cc1. The van der Waals surface area contributed by atoms with Crippen molar-refractivity contribution in [1.82, 2.24) is 19.8 Å². The molecule has 1 aliphatic carbocycles. The summed E-state index contributed by atoms with van der Waals surface area (Å²) in [5, 5.41) is 8.85. The first-order chi connectivity index (χ1) is 14.2. The third-order valence-corrected chi connectivity index (χ3v) is 5.77. The molecular weight excluding hydrogens is 386 g/mol. The molecule has 150 valence electrons. The van der Waals surface area contributed by atoms with Gasteiger partial charge in [0, 0.05) is 18.2 Å². The molecule has 1 saturated carbocycles. The molecule has 4 rings (SSSR count). The van der Waals surface area contributed by atoms with E-state index in [1.54, 1.807) is 7.11 Å². The van der Waals surface area contributed by atoms with Crippen molar-refractivity contribution in [2.24, 2.45) is 0 Å². The van der Waals surface area contributed by atoms with E-state index in [9.17, 15) is 4.79 Å². The average molecular weight is 410 g/mol. The Morgan fingerprint density at radius 3 is 2.55 bits per heavy atom. The second-order valence-corrected chi connectivity index (χ2v) is 7.87. The van der Waals surface area contributed by atoms with Crippen molar-refractivity contribution in [1.29, 1.82) is 0 Å². The maximum atomic E-state index is 12.9. The number of hydrogen-bond acceptors (Lipinski definition) is 6. The van der Waals surface area contributed by atoms with Crippen LogP contribution in [-0.4, -0.2) is 44.6 Å². The molecular formula is C21H23N5O2S. The highest BCUT2D eigenvalue weighted by Gasteiger charge is 2.32. The lowest BCUT2D eigenvalue weighted by Gasteiger charge is -2.22. The summed E-state index contributed by atoms with van der Waals surface area (Å²) in [6.07, 6.45) is 2.11. The highest BCUT2D eigenvalue weighted by atomic mass is 32.2. The standard InChI is InChI=1S/C21H23N5O2S/c1-28-18-11-7-15(8-12-18)13-25(17-9-10-17)19(27)14-29-21-24-23-20(26(21)22)16-5-3-2-4-6-16/h2-8,11-12,17H,9-10,13-14,22H2,1H3. The number of amides is 1. The lowest BCUT2D eigenvalue weighted by atomic mass is 10.2. The van der Waals surface area contributed by atoms with Crippen LogP contribution in [0.1, 0.15) is 18.4 Å². The second-order valence-electron chi connectivity index (χ2n) is 6.93. The lowest BCUT2D eigenvalue weighted by molar-refractivity contribution is -0.129. The number of benzene rings is 2. The Kier molecular flexibility index (Phi) is 5.71. The molecule has 29 heavy (non-hydrogen) atoms. The molecule has 2 aromatic carbocycles. The highest BCUT2D eigenvalue weighted by molar-refractivity contribution is 7.99. The fourth-order valence-corrected chi connectivity index (χ4v) is 3.85. The zero-order valence-corrected chi connectivity index (χ0v) is 17.0. The topological polar surface area (TPSA) is 86.3 Å². The minimum absolute atomic E-state index is 0.0811. The molecule has 1 amide bonds. The number of hydrogen-bond donors (Lipinski definition) is 1. The minimum Gasteiger partial charge on any atom is -0.497 e. The number of ether oxygens (including phenoxy) is 1. The van der Waals surface area contributed by atoms with Crippen molar-refractivity contribution in [3.63, 3.8) is 0 Å². The predicted molar refractivity (Wildman–Crippen MR) is 113 cm³/mol. The van der Waals surface area contributed by atoms with Crippen molar-refractivity contribution in [2.75, 3.05) is 18.7 Å². The van der Waals surface area contributed by atoms with Crippen LogP contribution in [0.25, 0.3) is 11.4 Å². The Balaban J connectivity index is 1.40. The Bertz CT molecular complexity index is 970.